The molecule has 0 aromatic carbocycles. The van der Waals surface area contributed by atoms with Crippen LogP contribution in [0.3, 0.4) is 0 Å². The molecule has 42 heavy (non-hydrogen) atoms. The molecule has 0 saturated carbocycles. The van der Waals surface area contributed by atoms with Crippen molar-refractivity contribution >= 4 is 25.9 Å². The SMILES string of the molecule is COCCOCCOC(=O)NCCCCC(NC(=O)OCCOCCOC)C(=O)NCCCOCCOP(=O)(O)OC. The highest BCUT2D eigenvalue weighted by atomic mass is 31.2. The third kappa shape index (κ3) is 25.6. The molecule has 0 aromatic rings. The molecule has 0 heterocycles. The number of hydrogen-bond acceptors (Lipinski definition) is 13. The minimum Gasteiger partial charge on any atom is -0.447 e. The van der Waals surface area contributed by atoms with Crippen LogP contribution < -0.4 is 16.0 Å². The zero-order valence-corrected chi connectivity index (χ0v) is 25.7. The van der Waals surface area contributed by atoms with E-state index in [1.807, 2.05) is 0 Å². The molecule has 0 spiro atoms. The molecule has 4 N–H and O–H groups in total. The Hall–Kier alpha value is -2.08. The van der Waals surface area contributed by atoms with Gasteiger partial charge in [0, 0.05) is 41.0 Å². The van der Waals surface area contributed by atoms with E-state index in [1.54, 1.807) is 14.2 Å². The highest BCUT2D eigenvalue weighted by Gasteiger charge is 2.21. The van der Waals surface area contributed by atoms with Crippen molar-refractivity contribution in [2.45, 2.75) is 31.7 Å². The molecule has 17 nitrogen and oxygen atoms in total. The van der Waals surface area contributed by atoms with Gasteiger partial charge in [-0.05, 0) is 25.7 Å². The van der Waals surface area contributed by atoms with Crippen molar-refractivity contribution in [2.75, 3.05) is 107 Å². The maximum atomic E-state index is 12.7. The van der Waals surface area contributed by atoms with Crippen molar-refractivity contribution < 1.29 is 66.0 Å². The van der Waals surface area contributed by atoms with Crippen LogP contribution in [0.1, 0.15) is 25.7 Å². The molecule has 0 aliphatic heterocycles. The van der Waals surface area contributed by atoms with Gasteiger partial charge in [0.15, 0.2) is 0 Å². The van der Waals surface area contributed by atoms with Crippen LogP contribution in [0.25, 0.3) is 0 Å². The van der Waals surface area contributed by atoms with Crippen LogP contribution in [0, 0.1) is 0 Å². The van der Waals surface area contributed by atoms with E-state index < -0.39 is 32.0 Å². The summed E-state index contributed by atoms with van der Waals surface area (Å²) in [5.74, 6) is -0.409. The topological polar surface area (TPSA) is 208 Å². The van der Waals surface area contributed by atoms with Gasteiger partial charge >= 0.3 is 20.0 Å². The first-order valence-corrected chi connectivity index (χ1v) is 15.1. The summed E-state index contributed by atoms with van der Waals surface area (Å²) >= 11 is 0. The van der Waals surface area contributed by atoms with Gasteiger partial charge < -0.3 is 54.0 Å². The van der Waals surface area contributed by atoms with Crippen molar-refractivity contribution in [1.82, 2.24) is 16.0 Å². The lowest BCUT2D eigenvalue weighted by molar-refractivity contribution is -0.123. The Morgan fingerprint density at radius 3 is 1.83 bits per heavy atom. The monoisotopic (exact) mass is 633 g/mol. The van der Waals surface area contributed by atoms with Gasteiger partial charge in [0.2, 0.25) is 5.91 Å². The highest BCUT2D eigenvalue weighted by Crippen LogP contribution is 2.41. The number of carbonyl (C=O) groups is 3. The minimum absolute atomic E-state index is 0.00447. The third-order valence-electron chi connectivity index (χ3n) is 5.06. The van der Waals surface area contributed by atoms with Crippen LogP contribution in [0.4, 0.5) is 9.59 Å². The fourth-order valence-electron chi connectivity index (χ4n) is 2.92. The first-order valence-electron chi connectivity index (χ1n) is 13.6. The molecule has 3 amide bonds. The molecule has 0 radical (unpaired) electrons. The number of unbranched alkanes of at least 4 members (excludes halogenated alkanes) is 1. The number of rotatable bonds is 28. The van der Waals surface area contributed by atoms with Gasteiger partial charge in [-0.25, -0.2) is 14.2 Å². The second-order valence-corrected chi connectivity index (χ2v) is 9.90. The van der Waals surface area contributed by atoms with E-state index in [4.69, 9.17) is 38.1 Å². The fourth-order valence-corrected chi connectivity index (χ4v) is 3.33. The molecule has 0 bridgehead atoms. The van der Waals surface area contributed by atoms with E-state index in [0.717, 1.165) is 7.11 Å². The molecule has 0 aliphatic rings. The largest absolute Gasteiger partial charge is 0.471 e. The molecule has 2 unspecified atom stereocenters. The molecule has 0 aromatic heterocycles. The Kier molecular flexibility index (Phi) is 26.4. The second-order valence-electron chi connectivity index (χ2n) is 8.34. The van der Waals surface area contributed by atoms with Crippen molar-refractivity contribution in [2.24, 2.45) is 0 Å². The van der Waals surface area contributed by atoms with Crippen LogP contribution in [0.2, 0.25) is 0 Å². The first kappa shape index (κ1) is 39.9. The van der Waals surface area contributed by atoms with Gasteiger partial charge in [-0.15, -0.1) is 0 Å². The Morgan fingerprint density at radius 1 is 0.667 bits per heavy atom. The smallest absolute Gasteiger partial charge is 0.447 e. The van der Waals surface area contributed by atoms with Crippen LogP contribution in [0.5, 0.6) is 0 Å². The predicted octanol–water partition coefficient (Wildman–Crippen LogP) is 0.590. The van der Waals surface area contributed by atoms with Gasteiger partial charge in [0.1, 0.15) is 19.3 Å². The number of methoxy groups -OCH3 is 2. The summed E-state index contributed by atoms with van der Waals surface area (Å²) in [6.07, 6.45) is 0.453. The zero-order valence-electron chi connectivity index (χ0n) is 24.8. The number of hydrogen-bond donors (Lipinski definition) is 4. The standard InChI is InChI=1S/C24H48N3O14P/c1-33-11-13-37-15-18-39-23(29)26-8-5-4-7-21(27-24(30)40-19-16-38-14-12-34-2)22(28)25-9-6-10-36-17-20-41-42(31,32)35-3/h21H,4-20H2,1-3H3,(H,25,28)(H,26,29)(H,27,30)(H,31,32). The number of carbonyl (C=O) groups excluding carboxylic acids is 3. The number of phosphoric ester groups is 1. The van der Waals surface area contributed by atoms with Crippen molar-refractivity contribution in [3.8, 4) is 0 Å². The average molecular weight is 634 g/mol. The second kappa shape index (κ2) is 27.7. The average Bonchev–Trinajstić information content (AvgIpc) is 2.97. The maximum absolute atomic E-state index is 12.7. The summed E-state index contributed by atoms with van der Waals surface area (Å²) in [5.41, 5.74) is 0. The van der Waals surface area contributed by atoms with Gasteiger partial charge in [0.25, 0.3) is 0 Å². The van der Waals surface area contributed by atoms with Crippen LogP contribution in [-0.4, -0.2) is 136 Å². The molecule has 18 heteroatoms. The van der Waals surface area contributed by atoms with E-state index >= 15 is 0 Å². The van der Waals surface area contributed by atoms with Crippen molar-refractivity contribution in [3.05, 3.63) is 0 Å². The minimum atomic E-state index is -4.04. The predicted molar refractivity (Wildman–Crippen MR) is 148 cm³/mol. The molecule has 248 valence electrons. The lowest BCUT2D eigenvalue weighted by atomic mass is 10.1. The van der Waals surface area contributed by atoms with Crippen LogP contribution in [-0.2, 0) is 51.6 Å². The summed E-state index contributed by atoms with van der Waals surface area (Å²) in [6.45, 7) is 2.98. The Morgan fingerprint density at radius 2 is 1.21 bits per heavy atom. The zero-order chi connectivity index (χ0) is 31.3. The van der Waals surface area contributed by atoms with Gasteiger partial charge in [0.05, 0.1) is 52.9 Å². The molecule has 0 rings (SSSR count). The summed E-state index contributed by atoms with van der Waals surface area (Å²) in [7, 11) is 0.128. The number of amides is 3. The summed E-state index contributed by atoms with van der Waals surface area (Å²) in [6, 6.07) is -0.870. The van der Waals surface area contributed by atoms with Gasteiger partial charge in [-0.3, -0.25) is 13.8 Å². The maximum Gasteiger partial charge on any atom is 0.471 e. The number of ether oxygens (including phenoxy) is 7. The Labute approximate surface area is 247 Å². The Balaban J connectivity index is 4.38. The fraction of sp³-hybridized carbons (Fsp3) is 0.875. The van der Waals surface area contributed by atoms with Crippen molar-refractivity contribution in [1.29, 1.82) is 0 Å². The summed E-state index contributed by atoms with van der Waals surface area (Å²) in [4.78, 5) is 45.8. The van der Waals surface area contributed by atoms with Crippen LogP contribution in [0.15, 0.2) is 0 Å². The quantitative estimate of drug-likeness (QED) is 0.0687. The molecule has 2 atom stereocenters. The third-order valence-corrected chi connectivity index (χ3v) is 6.03. The van der Waals surface area contributed by atoms with E-state index in [0.29, 0.717) is 58.7 Å². The molecular weight excluding hydrogens is 585 g/mol. The number of alkyl carbamates (subject to hydrolysis) is 2. The first-order chi connectivity index (χ1) is 20.3. The highest BCUT2D eigenvalue weighted by molar-refractivity contribution is 7.47. The van der Waals surface area contributed by atoms with E-state index in [9.17, 15) is 18.9 Å². The van der Waals surface area contributed by atoms with E-state index in [1.165, 1.54) is 0 Å². The number of phosphoric acid groups is 1. The van der Waals surface area contributed by atoms with Crippen molar-refractivity contribution in [3.63, 3.8) is 0 Å². The lowest BCUT2D eigenvalue weighted by Crippen LogP contribution is -2.47. The summed E-state index contributed by atoms with van der Waals surface area (Å²) in [5, 5.41) is 7.90. The number of nitrogens with one attached hydrogen (secondary N) is 3. The molecule has 0 aliphatic carbocycles. The normalized spacial score (nSPS) is 13.1. The lowest BCUT2D eigenvalue weighted by Gasteiger charge is -2.18. The molecule has 0 saturated heterocycles. The van der Waals surface area contributed by atoms with E-state index in [2.05, 4.69) is 25.0 Å². The van der Waals surface area contributed by atoms with Gasteiger partial charge in [-0.1, -0.05) is 0 Å². The Bertz CT molecular complexity index is 749. The van der Waals surface area contributed by atoms with Crippen LogP contribution >= 0.6 is 7.82 Å². The summed E-state index contributed by atoms with van der Waals surface area (Å²) < 4.78 is 55.6. The molecule has 0 fully saturated rings. The molecular formula is C24H48N3O14P. The van der Waals surface area contributed by atoms with E-state index in [-0.39, 0.29) is 52.8 Å². The van der Waals surface area contributed by atoms with Gasteiger partial charge in [-0.2, -0.15) is 0 Å².